The molecule has 0 radical (unpaired) electrons. The van der Waals surface area contributed by atoms with Crippen LogP contribution >= 0.6 is 0 Å². The lowest BCUT2D eigenvalue weighted by molar-refractivity contribution is 0.0740. The molecule has 0 N–H and O–H groups in total. The molecule has 1 aliphatic rings. The van der Waals surface area contributed by atoms with E-state index in [-0.39, 0.29) is 17.5 Å². The molecule has 0 spiro atoms. The number of nitrogens with zero attached hydrogens (tertiary/aromatic N) is 5. The Kier molecular flexibility index (Phi) is 4.81. The van der Waals surface area contributed by atoms with Crippen LogP contribution in [-0.2, 0) is 0 Å². The summed E-state index contributed by atoms with van der Waals surface area (Å²) in [5, 5.41) is 5.58. The highest BCUT2D eigenvalue weighted by Gasteiger charge is 2.26. The van der Waals surface area contributed by atoms with Crippen LogP contribution in [0.5, 0.6) is 0 Å². The fourth-order valence-electron chi connectivity index (χ4n) is 3.54. The first-order valence-electron chi connectivity index (χ1n) is 9.53. The number of piperazine rings is 1. The zero-order chi connectivity index (χ0) is 19.7. The molecule has 2 aromatic heterocycles. The highest BCUT2D eigenvalue weighted by Crippen LogP contribution is 2.19. The van der Waals surface area contributed by atoms with Crippen molar-refractivity contribution >= 4 is 22.5 Å². The number of benzene rings is 1. The molecule has 0 unspecified atom stereocenters. The average molecular weight is 377 g/mol. The second kappa shape index (κ2) is 7.42. The molecule has 0 bridgehead atoms. The van der Waals surface area contributed by atoms with Crippen molar-refractivity contribution < 1.29 is 4.79 Å². The quantitative estimate of drug-likeness (QED) is 0.701. The molecular weight excluding hydrogens is 354 g/mol. The van der Waals surface area contributed by atoms with Gasteiger partial charge in [0.05, 0.1) is 11.4 Å². The monoisotopic (exact) mass is 377 g/mol. The molecule has 0 atom stereocenters. The van der Waals surface area contributed by atoms with E-state index in [1.807, 2.05) is 49.1 Å². The van der Waals surface area contributed by atoms with Crippen molar-refractivity contribution in [3.8, 4) is 0 Å². The standard InChI is InChI=1S/C21H23N5O2/c1-15(2)26-20(27)17-8-4-3-7-16(17)19(23-26)21(28)25-13-11-24(12-14-25)18-9-5-6-10-22-18/h3-10,15H,11-14H2,1-2H3. The van der Waals surface area contributed by atoms with Crippen molar-refractivity contribution in [1.29, 1.82) is 0 Å². The molecule has 1 fully saturated rings. The predicted octanol–water partition coefficient (Wildman–Crippen LogP) is 2.33. The molecule has 3 heterocycles. The summed E-state index contributed by atoms with van der Waals surface area (Å²) in [5.74, 6) is 0.790. The molecule has 1 aliphatic heterocycles. The smallest absolute Gasteiger partial charge is 0.275 e. The van der Waals surface area contributed by atoms with Gasteiger partial charge in [0.2, 0.25) is 0 Å². The van der Waals surface area contributed by atoms with Crippen LogP contribution in [-0.4, -0.2) is 51.8 Å². The van der Waals surface area contributed by atoms with Crippen LogP contribution < -0.4 is 10.5 Å². The van der Waals surface area contributed by atoms with Gasteiger partial charge in [-0.05, 0) is 32.0 Å². The van der Waals surface area contributed by atoms with Crippen LogP contribution in [0.1, 0.15) is 30.4 Å². The fraction of sp³-hybridized carbons (Fsp3) is 0.333. The maximum Gasteiger partial charge on any atom is 0.275 e. The van der Waals surface area contributed by atoms with E-state index in [1.54, 1.807) is 18.3 Å². The molecular formula is C21H23N5O2. The van der Waals surface area contributed by atoms with Crippen LogP contribution in [0.3, 0.4) is 0 Å². The van der Waals surface area contributed by atoms with Crippen molar-refractivity contribution in [1.82, 2.24) is 19.7 Å². The SMILES string of the molecule is CC(C)n1nc(C(=O)N2CCN(c3ccccn3)CC2)c2ccccc2c1=O. The lowest BCUT2D eigenvalue weighted by Crippen LogP contribution is -2.49. The third-order valence-corrected chi connectivity index (χ3v) is 5.06. The summed E-state index contributed by atoms with van der Waals surface area (Å²) in [6, 6.07) is 12.9. The minimum absolute atomic E-state index is 0.121. The Morgan fingerprint density at radius 2 is 1.64 bits per heavy atom. The molecule has 0 saturated carbocycles. The van der Waals surface area contributed by atoms with E-state index in [0.717, 1.165) is 5.82 Å². The van der Waals surface area contributed by atoms with Crippen molar-refractivity contribution in [2.75, 3.05) is 31.1 Å². The fourth-order valence-corrected chi connectivity index (χ4v) is 3.54. The Labute approximate surface area is 163 Å². The molecule has 1 aromatic carbocycles. The Morgan fingerprint density at radius 3 is 2.29 bits per heavy atom. The molecule has 28 heavy (non-hydrogen) atoms. The summed E-state index contributed by atoms with van der Waals surface area (Å²) >= 11 is 0. The van der Waals surface area contributed by atoms with Gasteiger partial charge in [0.1, 0.15) is 5.82 Å². The van der Waals surface area contributed by atoms with Crippen LogP contribution in [0.4, 0.5) is 5.82 Å². The number of aromatic nitrogens is 3. The van der Waals surface area contributed by atoms with E-state index in [0.29, 0.717) is 42.6 Å². The molecule has 0 aliphatic carbocycles. The van der Waals surface area contributed by atoms with E-state index in [1.165, 1.54) is 4.68 Å². The Balaban J connectivity index is 1.63. The normalized spacial score (nSPS) is 14.7. The third kappa shape index (κ3) is 3.24. The maximum atomic E-state index is 13.3. The molecule has 3 aromatic rings. The maximum absolute atomic E-state index is 13.3. The number of carbonyl (C=O) groups is 1. The molecule has 1 amide bonds. The minimum atomic E-state index is -0.165. The Morgan fingerprint density at radius 1 is 0.964 bits per heavy atom. The highest BCUT2D eigenvalue weighted by molar-refractivity contribution is 6.04. The number of pyridine rings is 1. The van der Waals surface area contributed by atoms with Crippen molar-refractivity contribution in [3.63, 3.8) is 0 Å². The summed E-state index contributed by atoms with van der Waals surface area (Å²) in [5.41, 5.74) is 0.178. The van der Waals surface area contributed by atoms with Crippen LogP contribution in [0.2, 0.25) is 0 Å². The number of hydrogen-bond acceptors (Lipinski definition) is 5. The van der Waals surface area contributed by atoms with Crippen LogP contribution in [0, 0.1) is 0 Å². The Bertz CT molecular complexity index is 1050. The number of rotatable bonds is 3. The second-order valence-corrected chi connectivity index (χ2v) is 7.20. The second-order valence-electron chi connectivity index (χ2n) is 7.20. The van der Waals surface area contributed by atoms with E-state index < -0.39 is 0 Å². The van der Waals surface area contributed by atoms with Crippen LogP contribution in [0.15, 0.2) is 53.5 Å². The van der Waals surface area contributed by atoms with E-state index in [2.05, 4.69) is 15.0 Å². The van der Waals surface area contributed by atoms with Gasteiger partial charge in [0.15, 0.2) is 5.69 Å². The molecule has 1 saturated heterocycles. The molecule has 4 rings (SSSR count). The number of amides is 1. The van der Waals surface area contributed by atoms with Gasteiger partial charge in [0.25, 0.3) is 11.5 Å². The lowest BCUT2D eigenvalue weighted by atomic mass is 10.1. The Hall–Kier alpha value is -3.22. The summed E-state index contributed by atoms with van der Waals surface area (Å²) in [6.45, 7) is 6.39. The molecule has 144 valence electrons. The van der Waals surface area contributed by atoms with Gasteiger partial charge < -0.3 is 9.80 Å². The molecule has 7 nitrogen and oxygen atoms in total. The summed E-state index contributed by atoms with van der Waals surface area (Å²) in [7, 11) is 0. The highest BCUT2D eigenvalue weighted by atomic mass is 16.2. The van der Waals surface area contributed by atoms with Crippen molar-refractivity contribution in [2.24, 2.45) is 0 Å². The van der Waals surface area contributed by atoms with Gasteiger partial charge in [-0.15, -0.1) is 0 Å². The van der Waals surface area contributed by atoms with Gasteiger partial charge in [0, 0.05) is 37.8 Å². The first kappa shape index (κ1) is 18.2. The van der Waals surface area contributed by atoms with E-state index in [9.17, 15) is 9.59 Å². The summed E-state index contributed by atoms with van der Waals surface area (Å²) < 4.78 is 1.40. The zero-order valence-corrected chi connectivity index (χ0v) is 16.1. The largest absolute Gasteiger partial charge is 0.353 e. The average Bonchev–Trinajstić information content (AvgIpc) is 2.74. The minimum Gasteiger partial charge on any atom is -0.353 e. The zero-order valence-electron chi connectivity index (χ0n) is 16.1. The third-order valence-electron chi connectivity index (χ3n) is 5.06. The van der Waals surface area contributed by atoms with Crippen molar-refractivity contribution in [3.05, 3.63) is 64.7 Å². The van der Waals surface area contributed by atoms with Gasteiger partial charge in [-0.25, -0.2) is 9.67 Å². The van der Waals surface area contributed by atoms with Gasteiger partial charge in [-0.2, -0.15) is 5.10 Å². The topological polar surface area (TPSA) is 71.3 Å². The van der Waals surface area contributed by atoms with Gasteiger partial charge in [-0.3, -0.25) is 9.59 Å². The van der Waals surface area contributed by atoms with Gasteiger partial charge >= 0.3 is 0 Å². The number of fused-ring (bicyclic) bond motifs is 1. The molecule has 7 heteroatoms. The first-order chi connectivity index (χ1) is 13.6. The number of carbonyl (C=O) groups excluding carboxylic acids is 1. The van der Waals surface area contributed by atoms with E-state index in [4.69, 9.17) is 0 Å². The van der Waals surface area contributed by atoms with E-state index >= 15 is 0 Å². The lowest BCUT2D eigenvalue weighted by Gasteiger charge is -2.35. The predicted molar refractivity (Wildman–Crippen MR) is 109 cm³/mol. The number of hydrogen-bond donors (Lipinski definition) is 0. The van der Waals surface area contributed by atoms with Crippen LogP contribution in [0.25, 0.3) is 10.8 Å². The summed E-state index contributed by atoms with van der Waals surface area (Å²) in [4.78, 5) is 34.3. The van der Waals surface area contributed by atoms with Gasteiger partial charge in [-0.1, -0.05) is 24.3 Å². The number of anilines is 1. The van der Waals surface area contributed by atoms with Crippen molar-refractivity contribution in [2.45, 2.75) is 19.9 Å². The first-order valence-corrected chi connectivity index (χ1v) is 9.53. The summed E-state index contributed by atoms with van der Waals surface area (Å²) in [6.07, 6.45) is 1.78.